The summed E-state index contributed by atoms with van der Waals surface area (Å²) in [5.41, 5.74) is -0.300. The number of aromatic nitrogens is 2. The molecular weight excluding hydrogens is 443 g/mol. The number of carbonyl (C=O) groups is 2. The highest BCUT2D eigenvalue weighted by molar-refractivity contribution is 6.04. The van der Waals surface area contributed by atoms with E-state index in [2.05, 4.69) is 32.3 Å². The summed E-state index contributed by atoms with van der Waals surface area (Å²) in [4.78, 5) is 47.1. The van der Waals surface area contributed by atoms with Crippen LogP contribution in [0.5, 0.6) is 5.75 Å². The Kier molecular flexibility index (Phi) is 6.00. The van der Waals surface area contributed by atoms with Crippen molar-refractivity contribution in [2.75, 3.05) is 28.6 Å². The van der Waals surface area contributed by atoms with Crippen LogP contribution in [0.2, 0.25) is 0 Å². The van der Waals surface area contributed by atoms with Crippen molar-refractivity contribution in [3.8, 4) is 5.75 Å². The summed E-state index contributed by atoms with van der Waals surface area (Å²) >= 11 is 0. The Labute approximate surface area is 186 Å². The number of rotatable bonds is 4. The van der Waals surface area contributed by atoms with Crippen molar-refractivity contribution >= 4 is 29.3 Å². The Morgan fingerprint density at radius 2 is 1.97 bits per heavy atom. The molecule has 1 aromatic heterocycles. The van der Waals surface area contributed by atoms with Gasteiger partial charge in [-0.2, -0.15) is 4.98 Å². The third-order valence-corrected chi connectivity index (χ3v) is 5.57. The second-order valence-electron chi connectivity index (χ2n) is 8.21. The predicted octanol–water partition coefficient (Wildman–Crippen LogP) is 2.97. The Hall–Kier alpha value is -3.57. The number of hydrogen-bond donors (Lipinski definition) is 3. The van der Waals surface area contributed by atoms with Crippen LogP contribution in [0.4, 0.5) is 30.6 Å². The molecule has 12 heteroatoms. The lowest BCUT2D eigenvalue weighted by atomic mass is 9.92. The molecule has 1 saturated heterocycles. The van der Waals surface area contributed by atoms with Gasteiger partial charge < -0.3 is 20.3 Å². The smallest absolute Gasteiger partial charge is 0.406 e. The second kappa shape index (κ2) is 8.75. The highest BCUT2D eigenvalue weighted by Gasteiger charge is 2.35. The maximum Gasteiger partial charge on any atom is 0.573 e. The Morgan fingerprint density at radius 1 is 1.24 bits per heavy atom. The second-order valence-corrected chi connectivity index (χ2v) is 8.21. The van der Waals surface area contributed by atoms with E-state index in [4.69, 9.17) is 0 Å². The summed E-state index contributed by atoms with van der Waals surface area (Å²) in [6.45, 7) is 3.54. The molecule has 2 aliphatic heterocycles. The van der Waals surface area contributed by atoms with E-state index in [-0.39, 0.29) is 23.5 Å². The standard InChI is InChI=1S/C21H22F3N5O4/c1-11-3-2-8-29(10-11)20-27-17-16(19(32)28-20)14(9-15(30)26-17)18(31)25-12-4-6-13(7-5-12)33-21(22,23)24/h4-7,11,14H,2-3,8-10H2,1H3,(H,25,31)(H2,26,27,28,30,32)/t11-,14+/m0/s1. The maximum absolute atomic E-state index is 12.9. The predicted molar refractivity (Wildman–Crippen MR) is 113 cm³/mol. The molecule has 0 saturated carbocycles. The average molecular weight is 465 g/mol. The quantitative estimate of drug-likeness (QED) is 0.639. The van der Waals surface area contributed by atoms with Crippen molar-refractivity contribution in [3.63, 3.8) is 0 Å². The van der Waals surface area contributed by atoms with Crippen LogP contribution in [0.1, 0.15) is 37.7 Å². The summed E-state index contributed by atoms with van der Waals surface area (Å²) in [5, 5.41) is 5.10. The molecule has 0 radical (unpaired) electrons. The van der Waals surface area contributed by atoms with Crippen LogP contribution in [-0.4, -0.2) is 41.2 Å². The number of anilines is 3. The summed E-state index contributed by atoms with van der Waals surface area (Å²) in [6, 6.07) is 4.55. The summed E-state index contributed by atoms with van der Waals surface area (Å²) in [5.74, 6) is -1.85. The summed E-state index contributed by atoms with van der Waals surface area (Å²) < 4.78 is 40.7. The Bertz CT molecular complexity index is 1120. The van der Waals surface area contributed by atoms with Crippen molar-refractivity contribution < 1.29 is 27.5 Å². The largest absolute Gasteiger partial charge is 0.573 e. The van der Waals surface area contributed by atoms with Gasteiger partial charge in [0.25, 0.3) is 5.56 Å². The van der Waals surface area contributed by atoms with Gasteiger partial charge in [-0.1, -0.05) is 6.92 Å². The molecular formula is C21H22F3N5O4. The first-order valence-corrected chi connectivity index (χ1v) is 10.4. The molecule has 2 atom stereocenters. The number of H-pyrrole nitrogens is 1. The molecule has 4 rings (SSSR count). The van der Waals surface area contributed by atoms with Gasteiger partial charge in [-0.05, 0) is 43.0 Å². The fraction of sp³-hybridized carbons (Fsp3) is 0.429. The van der Waals surface area contributed by atoms with E-state index >= 15 is 0 Å². The van der Waals surface area contributed by atoms with Crippen LogP contribution < -0.4 is 25.8 Å². The zero-order chi connectivity index (χ0) is 23.8. The van der Waals surface area contributed by atoms with Crippen molar-refractivity contribution in [1.29, 1.82) is 0 Å². The fourth-order valence-electron chi connectivity index (χ4n) is 4.08. The monoisotopic (exact) mass is 465 g/mol. The van der Waals surface area contributed by atoms with E-state index < -0.39 is 35.4 Å². The van der Waals surface area contributed by atoms with Gasteiger partial charge in [-0.25, -0.2) is 0 Å². The van der Waals surface area contributed by atoms with Crippen molar-refractivity contribution in [2.45, 2.75) is 38.5 Å². The Morgan fingerprint density at radius 3 is 2.64 bits per heavy atom. The molecule has 3 heterocycles. The van der Waals surface area contributed by atoms with E-state index in [0.29, 0.717) is 18.4 Å². The van der Waals surface area contributed by atoms with E-state index in [1.165, 1.54) is 12.1 Å². The number of hydrogen-bond acceptors (Lipinski definition) is 6. The van der Waals surface area contributed by atoms with Crippen LogP contribution in [0.15, 0.2) is 29.1 Å². The zero-order valence-electron chi connectivity index (χ0n) is 17.7. The van der Waals surface area contributed by atoms with E-state index in [9.17, 15) is 27.6 Å². The minimum Gasteiger partial charge on any atom is -0.406 e. The number of alkyl halides is 3. The minimum atomic E-state index is -4.83. The number of ether oxygens (including phenoxy) is 1. The number of amides is 2. The molecule has 2 aromatic rings. The number of fused-ring (bicyclic) bond motifs is 1. The Balaban J connectivity index is 1.55. The first kappa shape index (κ1) is 22.6. The first-order chi connectivity index (χ1) is 15.6. The van der Waals surface area contributed by atoms with Crippen LogP contribution in [0, 0.1) is 5.92 Å². The summed E-state index contributed by atoms with van der Waals surface area (Å²) in [6.07, 6.45) is -3.07. The molecule has 0 aliphatic carbocycles. The first-order valence-electron chi connectivity index (χ1n) is 10.4. The topological polar surface area (TPSA) is 116 Å². The van der Waals surface area contributed by atoms with E-state index in [1.54, 1.807) is 0 Å². The lowest BCUT2D eigenvalue weighted by Gasteiger charge is -2.32. The van der Waals surface area contributed by atoms with E-state index in [1.807, 2.05) is 4.90 Å². The van der Waals surface area contributed by atoms with Crippen LogP contribution >= 0.6 is 0 Å². The van der Waals surface area contributed by atoms with Crippen LogP contribution in [0.25, 0.3) is 0 Å². The molecule has 2 amide bonds. The van der Waals surface area contributed by atoms with Crippen molar-refractivity contribution in [3.05, 3.63) is 40.2 Å². The SMILES string of the molecule is C[C@H]1CCCN(c2nc3c(c(=O)[nH]2)[C@H](C(=O)Nc2ccc(OC(F)(F)F)cc2)CC(=O)N3)C1. The van der Waals surface area contributed by atoms with Crippen LogP contribution in [-0.2, 0) is 9.59 Å². The number of aromatic amines is 1. The highest BCUT2D eigenvalue weighted by atomic mass is 19.4. The third kappa shape index (κ3) is 5.26. The molecule has 0 unspecified atom stereocenters. The van der Waals surface area contributed by atoms with Gasteiger partial charge in [0, 0.05) is 25.2 Å². The zero-order valence-corrected chi connectivity index (χ0v) is 17.7. The molecule has 0 bridgehead atoms. The minimum absolute atomic E-state index is 0.0392. The number of carbonyl (C=O) groups excluding carboxylic acids is 2. The molecule has 176 valence electrons. The van der Waals surface area contributed by atoms with Crippen molar-refractivity contribution in [2.24, 2.45) is 5.92 Å². The number of nitrogens with zero attached hydrogens (tertiary/aromatic N) is 2. The summed E-state index contributed by atoms with van der Waals surface area (Å²) in [7, 11) is 0. The lowest BCUT2D eigenvalue weighted by molar-refractivity contribution is -0.274. The van der Waals surface area contributed by atoms with Gasteiger partial charge in [-0.15, -0.1) is 13.2 Å². The molecule has 0 spiro atoms. The van der Waals surface area contributed by atoms with E-state index in [0.717, 1.165) is 31.5 Å². The van der Waals surface area contributed by atoms with Crippen molar-refractivity contribution in [1.82, 2.24) is 9.97 Å². The molecule has 3 N–H and O–H groups in total. The molecule has 1 aromatic carbocycles. The highest BCUT2D eigenvalue weighted by Crippen LogP contribution is 2.31. The number of nitrogens with one attached hydrogen (secondary N) is 3. The van der Waals surface area contributed by atoms with Gasteiger partial charge in [0.2, 0.25) is 17.8 Å². The third-order valence-electron chi connectivity index (χ3n) is 5.57. The van der Waals surface area contributed by atoms with Gasteiger partial charge in [0.1, 0.15) is 11.6 Å². The number of piperidine rings is 1. The molecule has 2 aliphatic rings. The van der Waals surface area contributed by atoms with Gasteiger partial charge in [-0.3, -0.25) is 19.4 Å². The van der Waals surface area contributed by atoms with Gasteiger partial charge in [0.05, 0.1) is 11.5 Å². The maximum atomic E-state index is 12.9. The molecule has 33 heavy (non-hydrogen) atoms. The molecule has 1 fully saturated rings. The number of benzene rings is 1. The van der Waals surface area contributed by atoms with Gasteiger partial charge >= 0.3 is 6.36 Å². The van der Waals surface area contributed by atoms with Gasteiger partial charge in [0.15, 0.2) is 0 Å². The molecule has 9 nitrogen and oxygen atoms in total. The average Bonchev–Trinajstić information content (AvgIpc) is 2.73. The number of halogens is 3. The normalized spacial score (nSPS) is 20.6. The lowest BCUT2D eigenvalue weighted by Crippen LogP contribution is -2.40. The van der Waals surface area contributed by atoms with Crippen LogP contribution in [0.3, 0.4) is 0 Å². The fourth-order valence-corrected chi connectivity index (χ4v) is 4.08.